The summed E-state index contributed by atoms with van der Waals surface area (Å²) in [7, 11) is 1.39. The first-order valence-corrected chi connectivity index (χ1v) is 13.9. The summed E-state index contributed by atoms with van der Waals surface area (Å²) in [6, 6.07) is 0. The number of thioether (sulfide) groups is 1. The lowest BCUT2D eigenvalue weighted by atomic mass is 9.87. The Morgan fingerprint density at radius 2 is 2.00 bits per heavy atom. The summed E-state index contributed by atoms with van der Waals surface area (Å²) in [5.41, 5.74) is 1.58. The lowest BCUT2D eigenvalue weighted by Crippen LogP contribution is -2.17. The van der Waals surface area contributed by atoms with Crippen LogP contribution in [0.15, 0.2) is 5.16 Å². The van der Waals surface area contributed by atoms with Crippen molar-refractivity contribution in [3.63, 3.8) is 0 Å². The summed E-state index contributed by atoms with van der Waals surface area (Å²) in [5.74, 6) is 2.02. The number of ether oxygens (including phenoxy) is 1. The number of fused-ring (bicyclic) bond motifs is 1. The van der Waals surface area contributed by atoms with E-state index in [0.29, 0.717) is 22.4 Å². The number of thiophene rings is 1. The van der Waals surface area contributed by atoms with Crippen molar-refractivity contribution in [1.29, 1.82) is 0 Å². The Bertz CT molecular complexity index is 994. The number of esters is 1. The van der Waals surface area contributed by atoms with Crippen molar-refractivity contribution >= 4 is 40.0 Å². The first kappa shape index (κ1) is 24.3. The maximum Gasteiger partial charge on any atom is 0.341 e. The molecule has 0 saturated heterocycles. The van der Waals surface area contributed by atoms with E-state index in [4.69, 9.17) is 4.74 Å². The van der Waals surface area contributed by atoms with Crippen molar-refractivity contribution < 1.29 is 14.3 Å². The van der Waals surface area contributed by atoms with Gasteiger partial charge in [-0.2, -0.15) is 0 Å². The van der Waals surface area contributed by atoms with E-state index in [0.717, 1.165) is 48.8 Å². The second-order valence-electron chi connectivity index (χ2n) is 9.24. The third kappa shape index (κ3) is 5.62. The number of anilines is 1. The number of hydrogen-bond donors (Lipinski definition) is 1. The second kappa shape index (κ2) is 11.0. The molecule has 0 spiro atoms. The summed E-state index contributed by atoms with van der Waals surface area (Å²) in [6.07, 6.45) is 10.3. The number of amides is 1. The van der Waals surface area contributed by atoms with Crippen molar-refractivity contribution in [2.24, 2.45) is 11.8 Å². The van der Waals surface area contributed by atoms with E-state index in [-0.39, 0.29) is 17.6 Å². The minimum Gasteiger partial charge on any atom is -0.465 e. The molecule has 2 aliphatic rings. The van der Waals surface area contributed by atoms with Gasteiger partial charge in [-0.25, -0.2) is 4.79 Å². The van der Waals surface area contributed by atoms with Gasteiger partial charge in [-0.3, -0.25) is 4.79 Å². The van der Waals surface area contributed by atoms with Crippen molar-refractivity contribution in [1.82, 2.24) is 14.8 Å². The van der Waals surface area contributed by atoms with Crippen LogP contribution in [0.5, 0.6) is 0 Å². The standard InChI is InChI=1S/C24H34N4O3S2/c1-4-28-19(13-16-8-6-5-7-9-16)26-27-24(28)32-14-20(29)25-22-21(23(30)31-3)17-11-10-15(2)12-18(17)33-22/h15-16H,4-14H2,1-3H3,(H,25,29). The highest BCUT2D eigenvalue weighted by Gasteiger charge is 2.29. The van der Waals surface area contributed by atoms with Gasteiger partial charge in [0.1, 0.15) is 10.8 Å². The predicted molar refractivity (Wildman–Crippen MR) is 132 cm³/mol. The van der Waals surface area contributed by atoms with Crippen molar-refractivity contribution in [2.45, 2.75) is 83.3 Å². The number of carbonyl (C=O) groups is 2. The van der Waals surface area contributed by atoms with Crippen LogP contribution in [0.2, 0.25) is 0 Å². The number of rotatable bonds is 8. The quantitative estimate of drug-likeness (QED) is 0.408. The second-order valence-corrected chi connectivity index (χ2v) is 11.3. The highest BCUT2D eigenvalue weighted by atomic mass is 32.2. The molecule has 2 heterocycles. The summed E-state index contributed by atoms with van der Waals surface area (Å²) in [6.45, 7) is 5.11. The molecule has 0 radical (unpaired) electrons. The predicted octanol–water partition coefficient (Wildman–Crippen LogP) is 5.12. The molecular formula is C24H34N4O3S2. The first-order valence-electron chi connectivity index (χ1n) is 12.1. The molecule has 1 amide bonds. The van der Waals surface area contributed by atoms with Gasteiger partial charge >= 0.3 is 5.97 Å². The average Bonchev–Trinajstić information content (AvgIpc) is 3.37. The molecular weight excluding hydrogens is 456 g/mol. The summed E-state index contributed by atoms with van der Waals surface area (Å²) < 4.78 is 7.16. The molecule has 2 aromatic heterocycles. The fourth-order valence-electron chi connectivity index (χ4n) is 4.99. The van der Waals surface area contributed by atoms with E-state index in [1.54, 1.807) is 0 Å². The van der Waals surface area contributed by atoms with E-state index >= 15 is 0 Å². The number of hydrogen-bond acceptors (Lipinski definition) is 7. The van der Waals surface area contributed by atoms with E-state index in [9.17, 15) is 9.59 Å². The van der Waals surface area contributed by atoms with Gasteiger partial charge in [-0.15, -0.1) is 21.5 Å². The summed E-state index contributed by atoms with van der Waals surface area (Å²) in [5, 5.41) is 13.2. The van der Waals surface area contributed by atoms with Gasteiger partial charge in [0.2, 0.25) is 5.91 Å². The monoisotopic (exact) mass is 490 g/mol. The zero-order valence-electron chi connectivity index (χ0n) is 19.8. The Balaban J connectivity index is 1.41. The molecule has 0 bridgehead atoms. The smallest absolute Gasteiger partial charge is 0.341 e. The van der Waals surface area contributed by atoms with Crippen LogP contribution in [0.25, 0.3) is 0 Å². The first-order chi connectivity index (χ1) is 16.0. The molecule has 1 fully saturated rings. The molecule has 2 aromatic rings. The minimum atomic E-state index is -0.372. The van der Waals surface area contributed by atoms with E-state index < -0.39 is 0 Å². The van der Waals surface area contributed by atoms with Crippen LogP contribution in [0.1, 0.15) is 79.0 Å². The molecule has 1 atom stereocenters. The molecule has 4 rings (SSSR count). The molecule has 33 heavy (non-hydrogen) atoms. The number of methoxy groups -OCH3 is 1. The SMILES string of the molecule is CCn1c(CC2CCCCC2)nnc1SCC(=O)Nc1sc2c(c1C(=O)OC)CCC(C)C2. The van der Waals surface area contributed by atoms with Gasteiger partial charge in [-0.05, 0) is 43.6 Å². The topological polar surface area (TPSA) is 86.1 Å². The summed E-state index contributed by atoms with van der Waals surface area (Å²) >= 11 is 2.92. The highest BCUT2D eigenvalue weighted by molar-refractivity contribution is 7.99. The molecule has 1 unspecified atom stereocenters. The van der Waals surface area contributed by atoms with Crippen LogP contribution >= 0.6 is 23.1 Å². The fourth-order valence-corrected chi connectivity index (χ4v) is 7.23. The molecule has 7 nitrogen and oxygen atoms in total. The maximum atomic E-state index is 12.8. The number of carbonyl (C=O) groups excluding carboxylic acids is 2. The van der Waals surface area contributed by atoms with Gasteiger partial charge in [0.15, 0.2) is 5.16 Å². The number of nitrogens with one attached hydrogen (secondary N) is 1. The van der Waals surface area contributed by atoms with E-state index in [2.05, 4.69) is 33.9 Å². The van der Waals surface area contributed by atoms with Crippen molar-refractivity contribution in [3.8, 4) is 0 Å². The molecule has 0 aromatic carbocycles. The van der Waals surface area contributed by atoms with Gasteiger partial charge in [0.05, 0.1) is 18.4 Å². The zero-order valence-corrected chi connectivity index (χ0v) is 21.4. The molecule has 1 saturated carbocycles. The Hall–Kier alpha value is -1.87. The van der Waals surface area contributed by atoms with Crippen LogP contribution in [0.4, 0.5) is 5.00 Å². The van der Waals surface area contributed by atoms with Gasteiger partial charge in [-0.1, -0.05) is 50.8 Å². The van der Waals surface area contributed by atoms with Crippen LogP contribution in [-0.2, 0) is 35.3 Å². The normalized spacial score (nSPS) is 18.7. The van der Waals surface area contributed by atoms with Gasteiger partial charge in [0.25, 0.3) is 0 Å². The van der Waals surface area contributed by atoms with Crippen LogP contribution in [-0.4, -0.2) is 39.5 Å². The molecule has 2 aliphatic carbocycles. The van der Waals surface area contributed by atoms with Crippen molar-refractivity contribution in [2.75, 3.05) is 18.2 Å². The lowest BCUT2D eigenvalue weighted by molar-refractivity contribution is -0.113. The Labute approximate surface area is 204 Å². The van der Waals surface area contributed by atoms with Gasteiger partial charge < -0.3 is 14.6 Å². The minimum absolute atomic E-state index is 0.142. The van der Waals surface area contributed by atoms with E-state index in [1.165, 1.54) is 67.2 Å². The van der Waals surface area contributed by atoms with Crippen LogP contribution in [0, 0.1) is 11.8 Å². The van der Waals surface area contributed by atoms with Crippen LogP contribution < -0.4 is 5.32 Å². The average molecular weight is 491 g/mol. The molecule has 0 aliphatic heterocycles. The zero-order chi connectivity index (χ0) is 23.4. The molecule has 180 valence electrons. The van der Waals surface area contributed by atoms with E-state index in [1.807, 2.05) is 0 Å². The lowest BCUT2D eigenvalue weighted by Gasteiger charge is -2.21. The summed E-state index contributed by atoms with van der Waals surface area (Å²) in [4.78, 5) is 26.5. The van der Waals surface area contributed by atoms with Crippen molar-refractivity contribution in [3.05, 3.63) is 21.8 Å². The van der Waals surface area contributed by atoms with Crippen LogP contribution in [0.3, 0.4) is 0 Å². The van der Waals surface area contributed by atoms with Gasteiger partial charge in [0, 0.05) is 17.8 Å². The fraction of sp³-hybridized carbons (Fsp3) is 0.667. The third-order valence-electron chi connectivity index (χ3n) is 6.79. The Morgan fingerprint density at radius 3 is 2.73 bits per heavy atom. The Morgan fingerprint density at radius 1 is 1.21 bits per heavy atom. The largest absolute Gasteiger partial charge is 0.465 e. The number of aromatic nitrogens is 3. The number of nitrogens with zero attached hydrogens (tertiary/aromatic N) is 3. The maximum absolute atomic E-state index is 12.8. The molecule has 1 N–H and O–H groups in total. The third-order valence-corrected chi connectivity index (χ3v) is 8.93. The highest BCUT2D eigenvalue weighted by Crippen LogP contribution is 2.40. The Kier molecular flexibility index (Phi) is 8.11. The molecule has 9 heteroatoms.